The molecule has 0 radical (unpaired) electrons. The third kappa shape index (κ3) is 3.53. The van der Waals surface area contributed by atoms with Crippen LogP contribution in [0.2, 0.25) is 0 Å². The number of anilines is 1. The lowest BCUT2D eigenvalue weighted by Gasteiger charge is -2.21. The number of piperidine rings is 1. The van der Waals surface area contributed by atoms with E-state index in [1.54, 1.807) is 42.5 Å². The molecule has 1 heterocycles. The third-order valence-corrected chi connectivity index (χ3v) is 8.08. The number of carbonyl (C=O) groups excluding carboxylic acids is 2. The van der Waals surface area contributed by atoms with Gasteiger partial charge in [0.15, 0.2) is 5.78 Å². The quantitative estimate of drug-likeness (QED) is 0.667. The summed E-state index contributed by atoms with van der Waals surface area (Å²) < 4.78 is 28.2. The van der Waals surface area contributed by atoms with Crippen LogP contribution in [-0.4, -0.2) is 37.5 Å². The molecule has 1 amide bonds. The molecule has 4 rings (SSSR count). The summed E-state index contributed by atoms with van der Waals surface area (Å²) in [4.78, 5) is 25.2. The van der Waals surface area contributed by atoms with Crippen LogP contribution in [0.4, 0.5) is 5.69 Å². The van der Waals surface area contributed by atoms with Crippen molar-refractivity contribution >= 4 is 43.3 Å². The fourth-order valence-electron chi connectivity index (χ4n) is 4.10. The summed E-state index contributed by atoms with van der Waals surface area (Å²) in [7, 11) is -3.65. The molecule has 2 atom stereocenters. The Hall–Kier alpha value is -2.03. The van der Waals surface area contributed by atoms with Crippen molar-refractivity contribution in [3.8, 4) is 0 Å². The van der Waals surface area contributed by atoms with E-state index in [1.165, 1.54) is 11.2 Å². The molecule has 8 heteroatoms. The lowest BCUT2D eigenvalue weighted by Crippen LogP contribution is -2.34. The molecule has 2 aromatic rings. The Labute approximate surface area is 178 Å². The van der Waals surface area contributed by atoms with Crippen LogP contribution in [0, 0.1) is 18.3 Å². The average Bonchev–Trinajstić information content (AvgIpc) is 3.23. The second-order valence-electron chi connectivity index (χ2n) is 7.87. The van der Waals surface area contributed by atoms with Gasteiger partial charge in [0.25, 0.3) is 0 Å². The topological polar surface area (TPSA) is 83.6 Å². The van der Waals surface area contributed by atoms with Crippen LogP contribution in [-0.2, 0) is 14.8 Å². The number of Topliss-reactive ketones (excluding diaryl/α,β-unsaturated/α-hetero) is 1. The maximum absolute atomic E-state index is 13.4. The van der Waals surface area contributed by atoms with Gasteiger partial charge in [-0.2, -0.15) is 4.31 Å². The van der Waals surface area contributed by atoms with E-state index in [4.69, 9.17) is 0 Å². The van der Waals surface area contributed by atoms with Gasteiger partial charge in [-0.25, -0.2) is 8.42 Å². The van der Waals surface area contributed by atoms with Gasteiger partial charge in [-0.15, -0.1) is 0 Å². The van der Waals surface area contributed by atoms with Crippen LogP contribution < -0.4 is 5.32 Å². The van der Waals surface area contributed by atoms with Crippen molar-refractivity contribution in [1.82, 2.24) is 4.31 Å². The molecule has 0 bridgehead atoms. The van der Waals surface area contributed by atoms with Crippen LogP contribution in [0.1, 0.15) is 29.3 Å². The Morgan fingerprint density at radius 2 is 1.86 bits per heavy atom. The Bertz CT molecular complexity index is 1110. The zero-order valence-corrected chi connectivity index (χ0v) is 18.5. The number of hydrogen-bond donors (Lipinski definition) is 1. The number of nitrogens with one attached hydrogen (secondary N) is 1. The predicted octanol–water partition coefficient (Wildman–Crippen LogP) is 3.61. The van der Waals surface area contributed by atoms with E-state index in [0.29, 0.717) is 24.2 Å². The Balaban J connectivity index is 1.62. The minimum absolute atomic E-state index is 0.000571. The summed E-state index contributed by atoms with van der Waals surface area (Å²) in [6.45, 7) is 3.80. The maximum Gasteiger partial charge on any atom is 0.243 e. The summed E-state index contributed by atoms with van der Waals surface area (Å²) in [5.41, 5.74) is 1.13. The van der Waals surface area contributed by atoms with Gasteiger partial charge in [0, 0.05) is 30.0 Å². The SMILES string of the molecule is CC(=O)Nc1ccc(Br)cc1C(=O)C12CC1CN(S(=O)(=O)c1ccc(C)cc1)C2. The number of carbonyl (C=O) groups is 2. The first-order valence-corrected chi connectivity index (χ1v) is 11.6. The molecule has 2 aliphatic rings. The van der Waals surface area contributed by atoms with Crippen molar-refractivity contribution in [3.05, 3.63) is 58.1 Å². The van der Waals surface area contributed by atoms with Gasteiger partial charge in [-0.05, 0) is 49.6 Å². The zero-order chi connectivity index (χ0) is 21.0. The number of rotatable bonds is 5. The highest BCUT2D eigenvalue weighted by Gasteiger charge is 2.66. The van der Waals surface area contributed by atoms with Gasteiger partial charge in [0.2, 0.25) is 15.9 Å². The Morgan fingerprint density at radius 1 is 1.17 bits per heavy atom. The highest BCUT2D eigenvalue weighted by Crippen LogP contribution is 2.60. The second kappa shape index (κ2) is 7.04. The molecule has 1 aliphatic carbocycles. The molecular weight excluding hydrogens is 456 g/mol. The molecule has 2 aromatic carbocycles. The van der Waals surface area contributed by atoms with Crippen molar-refractivity contribution in [2.75, 3.05) is 18.4 Å². The van der Waals surface area contributed by atoms with Gasteiger partial charge < -0.3 is 5.32 Å². The van der Waals surface area contributed by atoms with E-state index in [9.17, 15) is 18.0 Å². The lowest BCUT2D eigenvalue weighted by molar-refractivity contribution is -0.114. The number of sulfonamides is 1. The molecule has 152 valence electrons. The highest BCUT2D eigenvalue weighted by atomic mass is 79.9. The van der Waals surface area contributed by atoms with Crippen molar-refractivity contribution in [2.24, 2.45) is 11.3 Å². The van der Waals surface area contributed by atoms with E-state index in [-0.39, 0.29) is 29.0 Å². The van der Waals surface area contributed by atoms with Crippen molar-refractivity contribution in [1.29, 1.82) is 0 Å². The number of amides is 1. The molecule has 2 fully saturated rings. The monoisotopic (exact) mass is 476 g/mol. The maximum atomic E-state index is 13.4. The fraction of sp³-hybridized carbons (Fsp3) is 0.333. The van der Waals surface area contributed by atoms with E-state index >= 15 is 0 Å². The zero-order valence-electron chi connectivity index (χ0n) is 16.1. The number of halogens is 1. The van der Waals surface area contributed by atoms with Gasteiger partial charge >= 0.3 is 0 Å². The predicted molar refractivity (Wildman–Crippen MR) is 113 cm³/mol. The van der Waals surface area contributed by atoms with E-state index in [1.807, 2.05) is 6.92 Å². The summed E-state index contributed by atoms with van der Waals surface area (Å²) in [6.07, 6.45) is 0.664. The van der Waals surface area contributed by atoms with Crippen LogP contribution in [0.3, 0.4) is 0 Å². The van der Waals surface area contributed by atoms with Crippen LogP contribution >= 0.6 is 15.9 Å². The normalized spacial score (nSPS) is 23.5. The molecule has 29 heavy (non-hydrogen) atoms. The molecule has 0 spiro atoms. The van der Waals surface area contributed by atoms with E-state index < -0.39 is 15.4 Å². The smallest absolute Gasteiger partial charge is 0.243 e. The number of hydrogen-bond acceptors (Lipinski definition) is 4. The molecule has 2 unspecified atom stereocenters. The first-order valence-electron chi connectivity index (χ1n) is 9.32. The molecule has 1 aliphatic heterocycles. The van der Waals surface area contributed by atoms with Gasteiger partial charge in [0.05, 0.1) is 16.0 Å². The van der Waals surface area contributed by atoms with Gasteiger partial charge in [-0.3, -0.25) is 9.59 Å². The molecular formula is C21H21BrN2O4S. The fourth-order valence-corrected chi connectivity index (χ4v) is 6.02. The van der Waals surface area contributed by atoms with E-state index in [0.717, 1.165) is 10.0 Å². The molecule has 0 aromatic heterocycles. The summed E-state index contributed by atoms with van der Waals surface area (Å²) in [5.74, 6) is -0.380. The number of nitrogens with zero attached hydrogens (tertiary/aromatic N) is 1. The van der Waals surface area contributed by atoms with Crippen molar-refractivity contribution in [2.45, 2.75) is 25.2 Å². The Kier molecular flexibility index (Phi) is 4.91. The lowest BCUT2D eigenvalue weighted by atomic mass is 9.93. The first-order chi connectivity index (χ1) is 13.6. The van der Waals surface area contributed by atoms with Gasteiger partial charge in [0.1, 0.15) is 0 Å². The number of ketones is 1. The summed E-state index contributed by atoms with van der Waals surface area (Å²) >= 11 is 3.38. The number of aryl methyl sites for hydroxylation is 1. The molecule has 1 saturated carbocycles. The van der Waals surface area contributed by atoms with Crippen LogP contribution in [0.25, 0.3) is 0 Å². The number of benzene rings is 2. The minimum Gasteiger partial charge on any atom is -0.326 e. The van der Waals surface area contributed by atoms with Crippen molar-refractivity contribution in [3.63, 3.8) is 0 Å². The molecule has 1 saturated heterocycles. The standard InChI is InChI=1S/C21H21BrN2O4S/c1-13-3-6-17(7-4-13)29(27,28)24-11-15-10-21(15,12-24)20(26)18-9-16(22)5-8-19(18)23-14(2)25/h3-9,15H,10-12H2,1-2H3,(H,23,25). The largest absolute Gasteiger partial charge is 0.326 e. The minimum atomic E-state index is -3.65. The second-order valence-corrected chi connectivity index (χ2v) is 10.7. The first kappa shape index (κ1) is 20.3. The summed E-state index contributed by atoms with van der Waals surface area (Å²) in [5, 5.41) is 2.70. The molecule has 1 N–H and O–H groups in total. The Morgan fingerprint density at radius 3 is 2.52 bits per heavy atom. The van der Waals surface area contributed by atoms with Gasteiger partial charge in [-0.1, -0.05) is 33.6 Å². The third-order valence-electron chi connectivity index (χ3n) is 5.76. The number of fused-ring (bicyclic) bond motifs is 1. The average molecular weight is 477 g/mol. The molecule has 6 nitrogen and oxygen atoms in total. The van der Waals surface area contributed by atoms with Crippen molar-refractivity contribution < 1.29 is 18.0 Å². The van der Waals surface area contributed by atoms with E-state index in [2.05, 4.69) is 21.2 Å². The summed E-state index contributed by atoms with van der Waals surface area (Å²) in [6, 6.07) is 11.9. The van der Waals surface area contributed by atoms with Crippen LogP contribution in [0.5, 0.6) is 0 Å². The highest BCUT2D eigenvalue weighted by molar-refractivity contribution is 9.10. The van der Waals surface area contributed by atoms with Crippen LogP contribution in [0.15, 0.2) is 51.8 Å².